The van der Waals surface area contributed by atoms with Gasteiger partial charge < -0.3 is 33.9 Å². The maximum atomic E-state index is 13.2. The number of ether oxygens (including phenoxy) is 5. The lowest BCUT2D eigenvalue weighted by Gasteiger charge is -2.41. The number of hydrogen-bond donors (Lipinski definition) is 2. The van der Waals surface area contributed by atoms with Crippen molar-refractivity contribution in [3.05, 3.63) is 22.8 Å². The number of aliphatic hydroxyl groups is 2. The van der Waals surface area contributed by atoms with E-state index in [0.29, 0.717) is 12.8 Å². The van der Waals surface area contributed by atoms with Crippen molar-refractivity contribution < 1.29 is 57.9 Å². The van der Waals surface area contributed by atoms with Gasteiger partial charge in [0.1, 0.15) is 11.7 Å². The number of allylic oxidation sites excluding steroid dienone is 1. The molecule has 2 aliphatic carbocycles. The molecule has 2 fully saturated rings. The second-order valence-electron chi connectivity index (χ2n) is 12.3. The van der Waals surface area contributed by atoms with Gasteiger partial charge in [0, 0.05) is 31.8 Å². The van der Waals surface area contributed by atoms with Crippen LogP contribution in [0.4, 0.5) is 0 Å². The van der Waals surface area contributed by atoms with Crippen molar-refractivity contribution >= 4 is 29.8 Å². The smallest absolute Gasteiger partial charge is 0.341 e. The average Bonchev–Trinajstić information content (AvgIpc) is 3.26. The summed E-state index contributed by atoms with van der Waals surface area (Å²) in [4.78, 5) is 64.7. The van der Waals surface area contributed by atoms with E-state index < -0.39 is 83.4 Å². The molecule has 0 aromatic rings. The molecular formula is C32H46O12. The van der Waals surface area contributed by atoms with Crippen LogP contribution in [0.5, 0.6) is 0 Å². The van der Waals surface area contributed by atoms with Gasteiger partial charge in [0.25, 0.3) is 0 Å². The molecular weight excluding hydrogens is 576 g/mol. The van der Waals surface area contributed by atoms with Crippen LogP contribution >= 0.6 is 0 Å². The third-order valence-electron chi connectivity index (χ3n) is 9.01. The molecule has 8 atom stereocenters. The van der Waals surface area contributed by atoms with E-state index in [1.807, 2.05) is 6.92 Å². The third kappa shape index (κ3) is 6.28. The Labute approximate surface area is 258 Å². The first kappa shape index (κ1) is 35.2. The lowest BCUT2D eigenvalue weighted by atomic mass is 9.75. The number of hydrogen-bond acceptors (Lipinski definition) is 12. The van der Waals surface area contributed by atoms with Crippen molar-refractivity contribution in [2.75, 3.05) is 0 Å². The summed E-state index contributed by atoms with van der Waals surface area (Å²) in [6, 6.07) is 0. The van der Waals surface area contributed by atoms with E-state index in [-0.39, 0.29) is 29.6 Å². The summed E-state index contributed by atoms with van der Waals surface area (Å²) >= 11 is 0. The van der Waals surface area contributed by atoms with Crippen LogP contribution in [-0.4, -0.2) is 81.3 Å². The molecule has 44 heavy (non-hydrogen) atoms. The predicted octanol–water partition coefficient (Wildman–Crippen LogP) is 3.15. The standard InChI is InChI=1S/C32H46O12/c1-9-12-13-15-22(35)41-26-24-23(18(5)25(26)42-28(36)17(4)11-3)27-32(39,31(8,38)29(37)43-27)20(40-21(34)14-10-2)16-30(24,7)44-19(6)33/h11,20,24-27,38-39H,9-10,12-16H2,1-8H3/b17-11+/t20-,24+,25+,26-,27+,30+,31+,32-/m0/s1. The average molecular weight is 623 g/mol. The summed E-state index contributed by atoms with van der Waals surface area (Å²) < 4.78 is 29.1. The molecule has 0 radical (unpaired) electrons. The second kappa shape index (κ2) is 13.4. The molecule has 1 heterocycles. The van der Waals surface area contributed by atoms with Crippen molar-refractivity contribution in [3.8, 4) is 0 Å². The zero-order chi connectivity index (χ0) is 33.2. The molecule has 246 valence electrons. The molecule has 3 aliphatic rings. The fourth-order valence-corrected chi connectivity index (χ4v) is 6.55. The second-order valence-corrected chi connectivity index (χ2v) is 12.3. The normalized spacial score (nSPS) is 34.8. The summed E-state index contributed by atoms with van der Waals surface area (Å²) in [6.07, 6.45) is -1.96. The van der Waals surface area contributed by atoms with Gasteiger partial charge in [0.15, 0.2) is 29.5 Å². The Bertz CT molecular complexity index is 1230. The van der Waals surface area contributed by atoms with Gasteiger partial charge in [-0.3, -0.25) is 14.4 Å². The monoisotopic (exact) mass is 622 g/mol. The van der Waals surface area contributed by atoms with Crippen LogP contribution in [0.1, 0.15) is 100 Å². The van der Waals surface area contributed by atoms with Crippen molar-refractivity contribution in [1.82, 2.24) is 0 Å². The maximum Gasteiger partial charge on any atom is 0.341 e. The van der Waals surface area contributed by atoms with Crippen LogP contribution in [0.15, 0.2) is 22.8 Å². The zero-order valence-electron chi connectivity index (χ0n) is 26.9. The molecule has 12 nitrogen and oxygen atoms in total. The van der Waals surface area contributed by atoms with E-state index >= 15 is 0 Å². The highest BCUT2D eigenvalue weighted by atomic mass is 16.6. The highest BCUT2D eigenvalue weighted by Gasteiger charge is 2.76. The molecule has 0 bridgehead atoms. The highest BCUT2D eigenvalue weighted by Crippen LogP contribution is 2.57. The minimum Gasteiger partial charge on any atom is -0.459 e. The lowest BCUT2D eigenvalue weighted by Crippen LogP contribution is -2.64. The van der Waals surface area contributed by atoms with Crippen LogP contribution in [0.3, 0.4) is 0 Å². The molecule has 0 spiro atoms. The number of fused-ring (bicyclic) bond motifs is 3. The maximum absolute atomic E-state index is 13.2. The zero-order valence-corrected chi connectivity index (χ0v) is 26.9. The van der Waals surface area contributed by atoms with E-state index in [0.717, 1.165) is 19.8 Å². The van der Waals surface area contributed by atoms with E-state index in [1.165, 1.54) is 13.8 Å². The molecule has 0 aromatic carbocycles. The van der Waals surface area contributed by atoms with Crippen molar-refractivity contribution in [2.45, 2.75) is 142 Å². The molecule has 0 amide bonds. The summed E-state index contributed by atoms with van der Waals surface area (Å²) in [5.41, 5.74) is -6.12. The van der Waals surface area contributed by atoms with Crippen molar-refractivity contribution in [2.24, 2.45) is 5.92 Å². The van der Waals surface area contributed by atoms with Gasteiger partial charge in [0.2, 0.25) is 0 Å². The van der Waals surface area contributed by atoms with Gasteiger partial charge in [-0.25, -0.2) is 9.59 Å². The Morgan fingerprint density at radius 3 is 2.18 bits per heavy atom. The van der Waals surface area contributed by atoms with Crippen LogP contribution < -0.4 is 0 Å². The number of carbonyl (C=O) groups is 5. The Kier molecular flexibility index (Phi) is 10.7. The first-order chi connectivity index (χ1) is 20.5. The Morgan fingerprint density at radius 1 is 0.977 bits per heavy atom. The SMILES string of the molecule is C/C=C(\C)C(=O)O[C@@H]1C(C)=C2[C@H]3OC(=O)[C@@](C)(O)[C@]3(O)[C@@H](OC(=O)CCC)C[C@@](C)(OC(C)=O)[C@H]2[C@@H]1OC(=O)CCCCC. The summed E-state index contributed by atoms with van der Waals surface area (Å²) in [7, 11) is 0. The summed E-state index contributed by atoms with van der Waals surface area (Å²) in [5.74, 6) is -5.05. The van der Waals surface area contributed by atoms with Gasteiger partial charge in [-0.2, -0.15) is 0 Å². The van der Waals surface area contributed by atoms with E-state index in [2.05, 4.69) is 0 Å². The van der Waals surface area contributed by atoms with Crippen LogP contribution in [-0.2, 0) is 47.7 Å². The van der Waals surface area contributed by atoms with Crippen LogP contribution in [0.2, 0.25) is 0 Å². The minimum absolute atomic E-state index is 0.0239. The Morgan fingerprint density at radius 2 is 1.61 bits per heavy atom. The van der Waals surface area contributed by atoms with Crippen LogP contribution in [0, 0.1) is 5.92 Å². The number of carbonyl (C=O) groups excluding carboxylic acids is 5. The van der Waals surface area contributed by atoms with Gasteiger partial charge >= 0.3 is 29.8 Å². The Balaban J connectivity index is 2.29. The van der Waals surface area contributed by atoms with Crippen molar-refractivity contribution in [1.29, 1.82) is 0 Å². The number of rotatable bonds is 11. The molecule has 1 aliphatic heterocycles. The molecule has 0 unspecified atom stereocenters. The first-order valence-electron chi connectivity index (χ1n) is 15.3. The fraction of sp³-hybridized carbons (Fsp3) is 0.719. The Hall–Kier alpha value is -3.25. The number of esters is 5. The molecule has 3 rings (SSSR count). The predicted molar refractivity (Wildman–Crippen MR) is 155 cm³/mol. The quantitative estimate of drug-likeness (QED) is 0.114. The summed E-state index contributed by atoms with van der Waals surface area (Å²) in [6.45, 7) is 12.3. The van der Waals surface area contributed by atoms with Gasteiger partial charge in [-0.1, -0.05) is 32.8 Å². The van der Waals surface area contributed by atoms with Crippen molar-refractivity contribution in [3.63, 3.8) is 0 Å². The topological polar surface area (TPSA) is 172 Å². The molecule has 12 heteroatoms. The van der Waals surface area contributed by atoms with Gasteiger partial charge in [-0.15, -0.1) is 0 Å². The first-order valence-corrected chi connectivity index (χ1v) is 15.3. The van der Waals surface area contributed by atoms with Gasteiger partial charge in [-0.05, 0) is 58.6 Å². The molecule has 1 saturated heterocycles. The molecule has 0 aromatic heterocycles. The van der Waals surface area contributed by atoms with E-state index in [9.17, 15) is 34.2 Å². The van der Waals surface area contributed by atoms with Crippen LogP contribution in [0.25, 0.3) is 0 Å². The summed E-state index contributed by atoms with van der Waals surface area (Å²) in [5, 5.41) is 23.8. The fourth-order valence-electron chi connectivity index (χ4n) is 6.55. The molecule has 2 N–H and O–H groups in total. The van der Waals surface area contributed by atoms with E-state index in [1.54, 1.807) is 33.8 Å². The molecule has 1 saturated carbocycles. The number of unbranched alkanes of at least 4 members (excludes halogenated alkanes) is 2. The lowest BCUT2D eigenvalue weighted by molar-refractivity contribution is -0.212. The minimum atomic E-state index is -2.57. The van der Waals surface area contributed by atoms with Gasteiger partial charge in [0.05, 0.1) is 5.92 Å². The van der Waals surface area contributed by atoms with E-state index in [4.69, 9.17) is 23.7 Å². The largest absolute Gasteiger partial charge is 0.459 e. The third-order valence-corrected chi connectivity index (χ3v) is 9.01. The highest BCUT2D eigenvalue weighted by molar-refractivity contribution is 5.88.